The average Bonchev–Trinajstić information content (AvgIpc) is 2.62. The predicted octanol–water partition coefficient (Wildman–Crippen LogP) is 2.25. The Balaban J connectivity index is 2.73. The molecule has 1 rings (SSSR count). The molecule has 0 fully saturated rings. The van der Waals surface area contributed by atoms with Crippen molar-refractivity contribution in [1.29, 1.82) is 0 Å². The molecular weight excluding hydrogens is 238 g/mol. The summed E-state index contributed by atoms with van der Waals surface area (Å²) in [6.45, 7) is 8.07. The second-order valence-corrected chi connectivity index (χ2v) is 7.03. The number of H-pyrrole nitrogens is 1. The van der Waals surface area contributed by atoms with Crippen LogP contribution < -0.4 is 4.72 Å². The molecule has 0 aliphatic carbocycles. The zero-order chi connectivity index (χ0) is 13.1. The Morgan fingerprint density at radius 2 is 2.06 bits per heavy atom. The molecule has 0 spiro atoms. The molecule has 98 valence electrons. The molecule has 0 aliphatic heterocycles. The highest BCUT2D eigenvalue weighted by molar-refractivity contribution is 7.92. The highest BCUT2D eigenvalue weighted by Crippen LogP contribution is 2.22. The molecule has 5 nitrogen and oxygen atoms in total. The van der Waals surface area contributed by atoms with E-state index in [1.807, 2.05) is 27.7 Å². The van der Waals surface area contributed by atoms with E-state index in [4.69, 9.17) is 0 Å². The van der Waals surface area contributed by atoms with Crippen LogP contribution in [0.1, 0.15) is 46.2 Å². The lowest BCUT2D eigenvalue weighted by Gasteiger charge is -2.14. The first-order valence-corrected chi connectivity index (χ1v) is 7.46. The lowest BCUT2D eigenvalue weighted by atomic mass is 9.92. The van der Waals surface area contributed by atoms with Crippen LogP contribution in [0.5, 0.6) is 0 Å². The van der Waals surface area contributed by atoms with Gasteiger partial charge in [0.1, 0.15) is 0 Å². The zero-order valence-corrected chi connectivity index (χ0v) is 11.7. The Morgan fingerprint density at radius 3 is 2.53 bits per heavy atom. The summed E-state index contributed by atoms with van der Waals surface area (Å²) in [6.07, 6.45) is 1.51. The van der Waals surface area contributed by atoms with Crippen LogP contribution >= 0.6 is 0 Å². The Kier molecular flexibility index (Phi) is 4.19. The third-order valence-electron chi connectivity index (χ3n) is 2.41. The molecule has 0 radical (unpaired) electrons. The van der Waals surface area contributed by atoms with Gasteiger partial charge >= 0.3 is 0 Å². The van der Waals surface area contributed by atoms with Gasteiger partial charge in [0, 0.05) is 17.2 Å². The first kappa shape index (κ1) is 14.0. The smallest absolute Gasteiger partial charge is 0.233 e. The van der Waals surface area contributed by atoms with Crippen molar-refractivity contribution in [2.24, 2.45) is 0 Å². The fourth-order valence-electron chi connectivity index (χ4n) is 1.30. The summed E-state index contributed by atoms with van der Waals surface area (Å²) in [7, 11) is -3.26. The SMILES string of the molecule is CCCCS(=O)(=O)Nc1cc(C(C)(C)C)[nH]n1. The number of nitrogens with one attached hydrogen (secondary N) is 2. The van der Waals surface area contributed by atoms with Gasteiger partial charge in [-0.15, -0.1) is 0 Å². The Labute approximate surface area is 103 Å². The van der Waals surface area contributed by atoms with Crippen molar-refractivity contribution >= 4 is 15.8 Å². The van der Waals surface area contributed by atoms with Gasteiger partial charge in [-0.1, -0.05) is 34.1 Å². The fourth-order valence-corrected chi connectivity index (χ4v) is 2.50. The number of hydrogen-bond acceptors (Lipinski definition) is 3. The van der Waals surface area contributed by atoms with Gasteiger partial charge in [-0.25, -0.2) is 8.42 Å². The van der Waals surface area contributed by atoms with E-state index >= 15 is 0 Å². The summed E-state index contributed by atoms with van der Waals surface area (Å²) in [4.78, 5) is 0. The third-order valence-corrected chi connectivity index (χ3v) is 3.76. The maximum Gasteiger partial charge on any atom is 0.233 e. The van der Waals surface area contributed by atoms with Crippen LogP contribution in [-0.4, -0.2) is 24.4 Å². The molecule has 1 aromatic rings. The van der Waals surface area contributed by atoms with Gasteiger partial charge in [0.25, 0.3) is 0 Å². The van der Waals surface area contributed by atoms with E-state index in [9.17, 15) is 8.42 Å². The topological polar surface area (TPSA) is 74.8 Å². The largest absolute Gasteiger partial charge is 0.280 e. The summed E-state index contributed by atoms with van der Waals surface area (Å²) < 4.78 is 25.8. The van der Waals surface area contributed by atoms with Crippen molar-refractivity contribution in [2.75, 3.05) is 10.5 Å². The highest BCUT2D eigenvalue weighted by Gasteiger charge is 2.18. The number of sulfonamides is 1. The van der Waals surface area contributed by atoms with Crippen LogP contribution in [0.3, 0.4) is 0 Å². The first-order valence-electron chi connectivity index (χ1n) is 5.81. The second kappa shape index (κ2) is 5.08. The average molecular weight is 259 g/mol. The van der Waals surface area contributed by atoms with E-state index in [0.717, 1.165) is 12.1 Å². The molecule has 2 N–H and O–H groups in total. The second-order valence-electron chi connectivity index (χ2n) is 5.19. The van der Waals surface area contributed by atoms with Crippen molar-refractivity contribution in [3.05, 3.63) is 11.8 Å². The number of aromatic amines is 1. The van der Waals surface area contributed by atoms with Gasteiger partial charge in [-0.05, 0) is 6.42 Å². The van der Waals surface area contributed by atoms with Crippen LogP contribution in [0, 0.1) is 0 Å². The summed E-state index contributed by atoms with van der Waals surface area (Å²) >= 11 is 0. The standard InChI is InChI=1S/C11H21N3O2S/c1-5-6-7-17(15,16)14-10-8-9(12-13-10)11(2,3)4/h8H,5-7H2,1-4H3,(H2,12,13,14). The molecule has 0 atom stereocenters. The van der Waals surface area contributed by atoms with Crippen molar-refractivity contribution in [3.8, 4) is 0 Å². The summed E-state index contributed by atoms with van der Waals surface area (Å²) in [5, 5.41) is 6.81. The number of rotatable bonds is 5. The lowest BCUT2D eigenvalue weighted by molar-refractivity contribution is 0.567. The predicted molar refractivity (Wildman–Crippen MR) is 69.6 cm³/mol. The van der Waals surface area contributed by atoms with Crippen molar-refractivity contribution < 1.29 is 8.42 Å². The molecule has 0 aliphatic rings. The summed E-state index contributed by atoms with van der Waals surface area (Å²) in [6, 6.07) is 1.74. The van der Waals surface area contributed by atoms with Crippen molar-refractivity contribution in [2.45, 2.75) is 46.0 Å². The van der Waals surface area contributed by atoms with Crippen molar-refractivity contribution in [3.63, 3.8) is 0 Å². The first-order chi connectivity index (χ1) is 7.74. The van der Waals surface area contributed by atoms with E-state index < -0.39 is 10.0 Å². The quantitative estimate of drug-likeness (QED) is 0.851. The molecule has 6 heteroatoms. The van der Waals surface area contributed by atoms with E-state index in [-0.39, 0.29) is 11.2 Å². The van der Waals surface area contributed by atoms with E-state index in [0.29, 0.717) is 12.2 Å². The number of aromatic nitrogens is 2. The molecule has 0 unspecified atom stereocenters. The third kappa shape index (κ3) is 4.38. The Morgan fingerprint density at radius 1 is 1.41 bits per heavy atom. The van der Waals surface area contributed by atoms with Crippen molar-refractivity contribution in [1.82, 2.24) is 10.2 Å². The van der Waals surface area contributed by atoms with E-state index in [1.165, 1.54) is 0 Å². The zero-order valence-electron chi connectivity index (χ0n) is 10.9. The normalized spacial score (nSPS) is 12.7. The van der Waals surface area contributed by atoms with Crippen LogP contribution in [-0.2, 0) is 15.4 Å². The van der Waals surface area contributed by atoms with Gasteiger partial charge in [-0.3, -0.25) is 9.82 Å². The molecule has 0 saturated heterocycles. The molecule has 0 bridgehead atoms. The summed E-state index contributed by atoms with van der Waals surface area (Å²) in [5.74, 6) is 0.507. The van der Waals surface area contributed by atoms with Gasteiger partial charge in [0.05, 0.1) is 5.75 Å². The maximum atomic E-state index is 11.7. The van der Waals surface area contributed by atoms with E-state index in [1.54, 1.807) is 6.07 Å². The molecule has 0 saturated carbocycles. The van der Waals surface area contributed by atoms with Crippen LogP contribution in [0.4, 0.5) is 5.82 Å². The maximum absolute atomic E-state index is 11.7. The van der Waals surface area contributed by atoms with Gasteiger partial charge in [-0.2, -0.15) is 5.10 Å². The molecule has 0 aromatic carbocycles. The van der Waals surface area contributed by atoms with E-state index in [2.05, 4.69) is 14.9 Å². The molecule has 1 aromatic heterocycles. The van der Waals surface area contributed by atoms with Gasteiger partial charge in [0.2, 0.25) is 10.0 Å². The minimum absolute atomic E-state index is 0.0693. The molecule has 1 heterocycles. The minimum Gasteiger partial charge on any atom is -0.280 e. The molecule has 0 amide bonds. The van der Waals surface area contributed by atoms with Crippen LogP contribution in [0.2, 0.25) is 0 Å². The molecule has 17 heavy (non-hydrogen) atoms. The number of anilines is 1. The van der Waals surface area contributed by atoms with Crippen LogP contribution in [0.15, 0.2) is 6.07 Å². The van der Waals surface area contributed by atoms with Crippen LogP contribution in [0.25, 0.3) is 0 Å². The minimum atomic E-state index is -3.26. The Bertz CT molecular complexity index is 457. The number of unbranched alkanes of at least 4 members (excludes halogenated alkanes) is 1. The monoisotopic (exact) mass is 259 g/mol. The fraction of sp³-hybridized carbons (Fsp3) is 0.727. The lowest BCUT2D eigenvalue weighted by Crippen LogP contribution is -2.16. The number of nitrogens with zero attached hydrogens (tertiary/aromatic N) is 1. The molecular formula is C11H21N3O2S. The van der Waals surface area contributed by atoms with Gasteiger partial charge in [0.15, 0.2) is 5.82 Å². The van der Waals surface area contributed by atoms with Gasteiger partial charge < -0.3 is 0 Å². The number of hydrogen-bond donors (Lipinski definition) is 2. The summed E-state index contributed by atoms with van der Waals surface area (Å²) in [5.41, 5.74) is 0.839. The Hall–Kier alpha value is -1.04. The highest BCUT2D eigenvalue weighted by atomic mass is 32.2.